The molecule has 2 rings (SSSR count). The van der Waals surface area contributed by atoms with Gasteiger partial charge in [0.1, 0.15) is 12.1 Å². The molecule has 2 nitrogen and oxygen atoms in total. The summed E-state index contributed by atoms with van der Waals surface area (Å²) in [5.74, 6) is 0.613. The third-order valence-corrected chi connectivity index (χ3v) is 3.78. The zero-order valence-corrected chi connectivity index (χ0v) is 10.7. The van der Waals surface area contributed by atoms with Gasteiger partial charge >= 0.3 is 0 Å². The number of carbonyl (C=O) groups excluding carboxylic acids is 2. The van der Waals surface area contributed by atoms with E-state index in [1.165, 1.54) is 24.8 Å². The Bertz CT molecular complexity index is 406. The average molecular weight is 244 g/mol. The van der Waals surface area contributed by atoms with Gasteiger partial charge in [-0.2, -0.15) is 0 Å². The highest BCUT2D eigenvalue weighted by molar-refractivity contribution is 5.81. The molecule has 1 aromatic carbocycles. The van der Waals surface area contributed by atoms with Crippen molar-refractivity contribution < 1.29 is 9.59 Å². The first-order chi connectivity index (χ1) is 8.79. The number of ketones is 1. The quantitative estimate of drug-likeness (QED) is 0.761. The Balaban J connectivity index is 2.00. The SMILES string of the molecule is O=Cc1ccc(CC2CCCCCCC2=O)cc1. The molecule has 0 aliphatic heterocycles. The van der Waals surface area contributed by atoms with Gasteiger partial charge in [0.15, 0.2) is 0 Å². The Morgan fingerprint density at radius 2 is 1.78 bits per heavy atom. The molecule has 0 radical (unpaired) electrons. The molecule has 1 fully saturated rings. The Morgan fingerprint density at radius 3 is 2.50 bits per heavy atom. The maximum absolute atomic E-state index is 12.0. The second kappa shape index (κ2) is 6.48. The van der Waals surface area contributed by atoms with Crippen molar-refractivity contribution in [2.24, 2.45) is 5.92 Å². The predicted octanol–water partition coefficient (Wildman–Crippen LogP) is 3.58. The number of carbonyl (C=O) groups is 2. The maximum atomic E-state index is 12.0. The minimum Gasteiger partial charge on any atom is -0.299 e. The number of rotatable bonds is 3. The van der Waals surface area contributed by atoms with Crippen molar-refractivity contribution in [1.29, 1.82) is 0 Å². The summed E-state index contributed by atoms with van der Waals surface area (Å²) in [4.78, 5) is 22.6. The molecule has 0 bridgehead atoms. The molecule has 1 aliphatic rings. The summed E-state index contributed by atoms with van der Waals surface area (Å²) in [7, 11) is 0. The molecular formula is C16H20O2. The van der Waals surface area contributed by atoms with Crippen LogP contribution < -0.4 is 0 Å². The summed E-state index contributed by atoms with van der Waals surface area (Å²) in [6.45, 7) is 0. The fourth-order valence-electron chi connectivity index (χ4n) is 2.64. The lowest BCUT2D eigenvalue weighted by Gasteiger charge is -2.18. The number of Topliss-reactive ketones (excluding diaryl/α,β-unsaturated/α-hetero) is 1. The average Bonchev–Trinajstić information content (AvgIpc) is 2.39. The van der Waals surface area contributed by atoms with Gasteiger partial charge in [-0.05, 0) is 24.8 Å². The molecule has 96 valence electrons. The van der Waals surface area contributed by atoms with E-state index in [0.29, 0.717) is 11.3 Å². The largest absolute Gasteiger partial charge is 0.299 e. The fourth-order valence-corrected chi connectivity index (χ4v) is 2.64. The normalized spacial score (nSPS) is 21.1. The van der Waals surface area contributed by atoms with Crippen molar-refractivity contribution in [2.45, 2.75) is 44.9 Å². The standard InChI is InChI=1S/C16H20O2/c17-12-14-9-7-13(8-10-14)11-15-5-3-1-2-4-6-16(15)18/h7-10,12,15H,1-6,11H2. The van der Waals surface area contributed by atoms with Crippen molar-refractivity contribution in [3.05, 3.63) is 35.4 Å². The number of hydrogen-bond acceptors (Lipinski definition) is 2. The first-order valence-electron chi connectivity index (χ1n) is 6.86. The van der Waals surface area contributed by atoms with Crippen molar-refractivity contribution in [3.8, 4) is 0 Å². The van der Waals surface area contributed by atoms with Crippen LogP contribution in [0.25, 0.3) is 0 Å². The van der Waals surface area contributed by atoms with E-state index in [0.717, 1.165) is 32.0 Å². The first kappa shape index (κ1) is 13.0. The summed E-state index contributed by atoms with van der Waals surface area (Å²) in [5, 5.41) is 0. The van der Waals surface area contributed by atoms with Crippen LogP contribution in [-0.4, -0.2) is 12.1 Å². The van der Waals surface area contributed by atoms with E-state index in [1.54, 1.807) is 0 Å². The van der Waals surface area contributed by atoms with Crippen molar-refractivity contribution in [1.82, 2.24) is 0 Å². The van der Waals surface area contributed by atoms with E-state index >= 15 is 0 Å². The summed E-state index contributed by atoms with van der Waals surface area (Å²) in [6.07, 6.45) is 8.14. The maximum Gasteiger partial charge on any atom is 0.150 e. The number of aldehydes is 1. The van der Waals surface area contributed by atoms with Crippen LogP contribution in [0.15, 0.2) is 24.3 Å². The zero-order chi connectivity index (χ0) is 12.8. The van der Waals surface area contributed by atoms with Crippen LogP contribution in [0.5, 0.6) is 0 Å². The van der Waals surface area contributed by atoms with Crippen LogP contribution in [0.3, 0.4) is 0 Å². The van der Waals surface area contributed by atoms with Crippen molar-refractivity contribution in [3.63, 3.8) is 0 Å². The molecule has 1 saturated carbocycles. The van der Waals surface area contributed by atoms with Gasteiger partial charge in [0.2, 0.25) is 0 Å². The lowest BCUT2D eigenvalue weighted by atomic mass is 9.85. The van der Waals surface area contributed by atoms with E-state index in [9.17, 15) is 9.59 Å². The Labute approximate surface area is 108 Å². The van der Waals surface area contributed by atoms with E-state index < -0.39 is 0 Å². The molecule has 0 aromatic heterocycles. The number of hydrogen-bond donors (Lipinski definition) is 0. The third kappa shape index (κ3) is 3.52. The topological polar surface area (TPSA) is 34.1 Å². The van der Waals surface area contributed by atoms with Crippen LogP contribution in [-0.2, 0) is 11.2 Å². The molecule has 1 aromatic rings. The molecule has 1 unspecified atom stereocenters. The van der Waals surface area contributed by atoms with E-state index in [4.69, 9.17) is 0 Å². The van der Waals surface area contributed by atoms with Crippen LogP contribution in [0, 0.1) is 5.92 Å². The molecule has 0 heterocycles. The third-order valence-electron chi connectivity index (χ3n) is 3.78. The highest BCUT2D eigenvalue weighted by atomic mass is 16.1. The Kier molecular flexibility index (Phi) is 4.68. The highest BCUT2D eigenvalue weighted by Gasteiger charge is 2.19. The second-order valence-corrected chi connectivity index (χ2v) is 5.18. The van der Waals surface area contributed by atoms with Gasteiger partial charge in [0.05, 0.1) is 0 Å². The van der Waals surface area contributed by atoms with Gasteiger partial charge in [0, 0.05) is 17.9 Å². The molecule has 18 heavy (non-hydrogen) atoms. The summed E-state index contributed by atoms with van der Waals surface area (Å²) >= 11 is 0. The van der Waals surface area contributed by atoms with Crippen LogP contribution >= 0.6 is 0 Å². The van der Waals surface area contributed by atoms with Gasteiger partial charge in [0.25, 0.3) is 0 Å². The zero-order valence-electron chi connectivity index (χ0n) is 10.7. The smallest absolute Gasteiger partial charge is 0.150 e. The Morgan fingerprint density at radius 1 is 1.06 bits per heavy atom. The van der Waals surface area contributed by atoms with Crippen molar-refractivity contribution >= 4 is 12.1 Å². The molecular weight excluding hydrogens is 224 g/mol. The van der Waals surface area contributed by atoms with E-state index in [-0.39, 0.29) is 5.92 Å². The molecule has 1 aliphatic carbocycles. The molecule has 2 heteroatoms. The fraction of sp³-hybridized carbons (Fsp3) is 0.500. The minimum absolute atomic E-state index is 0.187. The number of benzene rings is 1. The summed E-state index contributed by atoms with van der Waals surface area (Å²) < 4.78 is 0. The van der Waals surface area contributed by atoms with Gasteiger partial charge in [-0.15, -0.1) is 0 Å². The van der Waals surface area contributed by atoms with Crippen LogP contribution in [0.4, 0.5) is 0 Å². The van der Waals surface area contributed by atoms with Gasteiger partial charge in [-0.25, -0.2) is 0 Å². The second-order valence-electron chi connectivity index (χ2n) is 5.18. The lowest BCUT2D eigenvalue weighted by Crippen LogP contribution is -2.18. The molecule has 1 atom stereocenters. The molecule has 0 N–H and O–H groups in total. The van der Waals surface area contributed by atoms with E-state index in [1.807, 2.05) is 24.3 Å². The summed E-state index contributed by atoms with van der Waals surface area (Å²) in [6, 6.07) is 7.59. The van der Waals surface area contributed by atoms with Gasteiger partial charge < -0.3 is 0 Å². The van der Waals surface area contributed by atoms with Gasteiger partial charge in [-0.3, -0.25) is 9.59 Å². The van der Waals surface area contributed by atoms with Crippen LogP contribution in [0.1, 0.15) is 54.4 Å². The monoisotopic (exact) mass is 244 g/mol. The Hall–Kier alpha value is -1.44. The van der Waals surface area contributed by atoms with Gasteiger partial charge in [-0.1, -0.05) is 43.5 Å². The molecule has 0 spiro atoms. The highest BCUT2D eigenvalue weighted by Crippen LogP contribution is 2.23. The van der Waals surface area contributed by atoms with Crippen molar-refractivity contribution in [2.75, 3.05) is 0 Å². The van der Waals surface area contributed by atoms with E-state index in [2.05, 4.69) is 0 Å². The van der Waals surface area contributed by atoms with Crippen LogP contribution in [0.2, 0.25) is 0 Å². The predicted molar refractivity (Wildman–Crippen MR) is 71.7 cm³/mol. The summed E-state index contributed by atoms with van der Waals surface area (Å²) in [5.41, 5.74) is 1.86. The first-order valence-corrected chi connectivity index (χ1v) is 6.86. The minimum atomic E-state index is 0.187. The lowest BCUT2D eigenvalue weighted by molar-refractivity contribution is -0.123. The molecule has 0 saturated heterocycles. The molecule has 0 amide bonds.